The normalized spacial score (nSPS) is 11.3. The summed E-state index contributed by atoms with van der Waals surface area (Å²) in [5.41, 5.74) is 1.09. The van der Waals surface area contributed by atoms with Crippen LogP contribution >= 0.6 is 0 Å². The molecular weight excluding hydrogens is 224 g/mol. The minimum atomic E-state index is -0.151. The Balaban J connectivity index is 2.04. The lowest BCUT2D eigenvalue weighted by Gasteiger charge is -2.21. The Morgan fingerprint density at radius 3 is 2.22 bits per heavy atom. The fraction of sp³-hybridized carbons (Fsp3) is 0.333. The molecule has 0 aliphatic carbocycles. The van der Waals surface area contributed by atoms with Gasteiger partial charge in [0, 0.05) is 5.56 Å². The van der Waals surface area contributed by atoms with Crippen molar-refractivity contribution in [3.05, 3.63) is 54.6 Å². The molecule has 18 heavy (non-hydrogen) atoms. The molecule has 2 aromatic rings. The first-order valence-electron chi connectivity index (χ1n) is 6.10. The molecule has 0 unspecified atom stereocenters. The molecule has 1 heterocycles. The van der Waals surface area contributed by atoms with Crippen LogP contribution < -0.4 is 9.30 Å². The minimum Gasteiger partial charge on any atom is -0.488 e. The molecule has 0 aliphatic heterocycles. The first-order valence-corrected chi connectivity index (χ1v) is 6.10. The summed E-state index contributed by atoms with van der Waals surface area (Å²) in [5.74, 6) is 0.908. The highest BCUT2D eigenvalue weighted by Gasteiger charge is 2.11. The molecule has 0 amide bonds. The van der Waals surface area contributed by atoms with E-state index >= 15 is 0 Å². The van der Waals surface area contributed by atoms with Crippen molar-refractivity contribution < 1.29 is 9.30 Å². The summed E-state index contributed by atoms with van der Waals surface area (Å²) >= 11 is 0. The molecule has 0 saturated heterocycles. The lowest BCUT2D eigenvalue weighted by molar-refractivity contribution is -0.688. The fourth-order valence-electron chi connectivity index (χ4n) is 1.68. The van der Waals surface area contributed by atoms with Crippen LogP contribution in [0.25, 0.3) is 0 Å². The van der Waals surface area contributed by atoms with E-state index in [-0.39, 0.29) is 5.60 Å². The molecule has 2 rings (SSSR count). The van der Waals surface area contributed by atoms with Gasteiger partial charge in [-0.2, -0.15) is 4.57 Å². The Bertz CT molecular complexity index is 486. The average molecular weight is 243 g/mol. The third-order valence-electron chi connectivity index (χ3n) is 2.40. The maximum Gasteiger partial charge on any atom is 0.187 e. The van der Waals surface area contributed by atoms with E-state index in [1.165, 1.54) is 5.56 Å². The van der Waals surface area contributed by atoms with E-state index in [0.29, 0.717) is 0 Å². The lowest BCUT2D eigenvalue weighted by Crippen LogP contribution is -2.33. The van der Waals surface area contributed by atoms with E-state index in [0.717, 1.165) is 12.3 Å². The third kappa shape index (κ3) is 3.84. The summed E-state index contributed by atoms with van der Waals surface area (Å²) < 4.78 is 7.88. The monoisotopic (exact) mass is 243 g/mol. The highest BCUT2D eigenvalue weighted by Crippen LogP contribution is 2.18. The van der Waals surface area contributed by atoms with Gasteiger partial charge in [-0.15, -0.1) is 0 Å². The Hall–Kier alpha value is -1.90. The predicted octanol–water partition coefficient (Wildman–Crippen LogP) is 2.59. The fourth-order valence-corrected chi connectivity index (χ4v) is 1.68. The van der Waals surface area contributed by atoms with Crippen molar-refractivity contribution in [2.24, 2.45) is 0 Å². The van der Waals surface area contributed by atoms with E-state index < -0.39 is 0 Å². The summed E-state index contributed by atoms with van der Waals surface area (Å²) in [5, 5.41) is 0. The maximum absolute atomic E-state index is 5.79. The van der Waals surface area contributed by atoms with E-state index in [1.54, 1.807) is 12.4 Å². The van der Waals surface area contributed by atoms with Crippen LogP contribution in [0.5, 0.6) is 5.75 Å². The molecule has 0 atom stereocenters. The second-order valence-electron chi connectivity index (χ2n) is 5.28. The van der Waals surface area contributed by atoms with Crippen molar-refractivity contribution >= 4 is 0 Å². The van der Waals surface area contributed by atoms with Gasteiger partial charge in [-0.25, -0.2) is 0 Å². The number of hydrogen-bond donors (Lipinski definition) is 0. The maximum atomic E-state index is 5.79. The number of aromatic nitrogens is 2. The Labute approximate surface area is 108 Å². The van der Waals surface area contributed by atoms with Gasteiger partial charge >= 0.3 is 0 Å². The van der Waals surface area contributed by atoms with Crippen LogP contribution in [0.4, 0.5) is 0 Å². The molecule has 0 saturated carbocycles. The standard InChI is InChI=1S/C15H19N2O/c1-15(2,3)18-14-6-4-13(5-7-14)12-17-10-8-16-9-11-17/h4-11H,12H2,1-3H3/q+1. The van der Waals surface area contributed by atoms with Crippen molar-refractivity contribution in [2.75, 3.05) is 0 Å². The molecule has 3 heteroatoms. The molecular formula is C15H19N2O+. The van der Waals surface area contributed by atoms with Crippen LogP contribution in [0.1, 0.15) is 26.3 Å². The van der Waals surface area contributed by atoms with E-state index in [9.17, 15) is 0 Å². The van der Waals surface area contributed by atoms with Gasteiger partial charge in [-0.3, -0.25) is 4.98 Å². The minimum absolute atomic E-state index is 0.151. The first kappa shape index (κ1) is 12.6. The zero-order valence-corrected chi connectivity index (χ0v) is 11.1. The van der Waals surface area contributed by atoms with E-state index in [4.69, 9.17) is 4.74 Å². The van der Waals surface area contributed by atoms with Gasteiger partial charge in [-0.05, 0) is 45.0 Å². The molecule has 0 radical (unpaired) electrons. The van der Waals surface area contributed by atoms with Crippen LogP contribution in [0.2, 0.25) is 0 Å². The van der Waals surface area contributed by atoms with Gasteiger partial charge in [0.15, 0.2) is 18.9 Å². The van der Waals surface area contributed by atoms with Crippen molar-refractivity contribution in [3.8, 4) is 5.75 Å². The number of benzene rings is 1. The zero-order valence-electron chi connectivity index (χ0n) is 11.1. The molecule has 0 fully saturated rings. The summed E-state index contributed by atoms with van der Waals surface area (Å²) in [6.45, 7) is 6.99. The Kier molecular flexibility index (Phi) is 3.60. The number of ether oxygens (including phenoxy) is 1. The topological polar surface area (TPSA) is 26.0 Å². The third-order valence-corrected chi connectivity index (χ3v) is 2.40. The SMILES string of the molecule is CC(C)(C)Oc1ccc(C[n+]2ccncc2)cc1. The Morgan fingerprint density at radius 1 is 1.06 bits per heavy atom. The molecule has 0 spiro atoms. The van der Waals surface area contributed by atoms with Crippen LogP contribution in [0, 0.1) is 0 Å². The molecule has 0 N–H and O–H groups in total. The molecule has 0 aliphatic rings. The highest BCUT2D eigenvalue weighted by atomic mass is 16.5. The van der Waals surface area contributed by atoms with Crippen molar-refractivity contribution in [1.29, 1.82) is 0 Å². The van der Waals surface area contributed by atoms with Gasteiger partial charge in [-0.1, -0.05) is 0 Å². The quantitative estimate of drug-likeness (QED) is 0.774. The zero-order chi connectivity index (χ0) is 13.0. The van der Waals surface area contributed by atoms with Crippen molar-refractivity contribution in [2.45, 2.75) is 32.9 Å². The smallest absolute Gasteiger partial charge is 0.187 e. The molecule has 94 valence electrons. The van der Waals surface area contributed by atoms with Gasteiger partial charge in [0.2, 0.25) is 0 Å². The Morgan fingerprint density at radius 2 is 1.67 bits per heavy atom. The largest absolute Gasteiger partial charge is 0.488 e. The molecule has 1 aromatic carbocycles. The van der Waals surface area contributed by atoms with E-state index in [1.807, 2.05) is 45.3 Å². The second-order valence-corrected chi connectivity index (χ2v) is 5.28. The summed E-state index contributed by atoms with van der Waals surface area (Å²) in [6, 6.07) is 8.22. The summed E-state index contributed by atoms with van der Waals surface area (Å²) in [7, 11) is 0. The van der Waals surface area contributed by atoms with Gasteiger partial charge in [0.1, 0.15) is 11.4 Å². The van der Waals surface area contributed by atoms with Crippen LogP contribution in [0.3, 0.4) is 0 Å². The highest BCUT2D eigenvalue weighted by molar-refractivity contribution is 5.27. The molecule has 1 aromatic heterocycles. The first-order chi connectivity index (χ1) is 8.53. The van der Waals surface area contributed by atoms with Crippen LogP contribution in [-0.2, 0) is 6.54 Å². The summed E-state index contributed by atoms with van der Waals surface area (Å²) in [4.78, 5) is 4.00. The lowest BCUT2D eigenvalue weighted by atomic mass is 10.1. The van der Waals surface area contributed by atoms with Crippen molar-refractivity contribution in [1.82, 2.24) is 4.98 Å². The van der Waals surface area contributed by atoms with Crippen LogP contribution in [-0.4, -0.2) is 10.6 Å². The molecule has 3 nitrogen and oxygen atoms in total. The predicted molar refractivity (Wildman–Crippen MR) is 70.4 cm³/mol. The van der Waals surface area contributed by atoms with Gasteiger partial charge in [0.05, 0.1) is 12.4 Å². The second kappa shape index (κ2) is 5.17. The number of hydrogen-bond acceptors (Lipinski definition) is 2. The van der Waals surface area contributed by atoms with E-state index in [2.05, 4.69) is 21.7 Å². The number of rotatable bonds is 3. The van der Waals surface area contributed by atoms with Gasteiger partial charge < -0.3 is 4.74 Å². The summed E-state index contributed by atoms with van der Waals surface area (Å²) in [6.07, 6.45) is 7.49. The number of nitrogens with zero attached hydrogens (tertiary/aromatic N) is 2. The molecule has 0 bridgehead atoms. The van der Waals surface area contributed by atoms with Crippen molar-refractivity contribution in [3.63, 3.8) is 0 Å². The van der Waals surface area contributed by atoms with Gasteiger partial charge in [0.25, 0.3) is 0 Å². The average Bonchev–Trinajstić information content (AvgIpc) is 2.31. The van der Waals surface area contributed by atoms with Crippen LogP contribution in [0.15, 0.2) is 49.1 Å².